The minimum absolute atomic E-state index is 0. The van der Waals surface area contributed by atoms with Gasteiger partial charge in [0, 0.05) is 6.54 Å². The second-order valence-electron chi connectivity index (χ2n) is 4.69. The van der Waals surface area contributed by atoms with Crippen molar-refractivity contribution in [1.29, 1.82) is 0 Å². The highest BCUT2D eigenvalue weighted by Crippen LogP contribution is 2.19. The normalized spacial score (nSPS) is 10.6. The second kappa shape index (κ2) is 12.8. The highest BCUT2D eigenvalue weighted by Gasteiger charge is 2.15. The first-order valence-corrected chi connectivity index (χ1v) is 7.81. The molecule has 2 rings (SSSR count). The van der Waals surface area contributed by atoms with Crippen LogP contribution >= 0.6 is 23.2 Å². The number of carboxylic acids is 1. The van der Waals surface area contributed by atoms with Gasteiger partial charge in [0.2, 0.25) is 0 Å². The van der Waals surface area contributed by atoms with Crippen LogP contribution < -0.4 is 5.32 Å². The number of rotatable bonds is 6. The Bertz CT molecular complexity index is 602. The van der Waals surface area contributed by atoms with E-state index < -0.39 is 12.0 Å². The third-order valence-corrected chi connectivity index (χ3v) is 3.67. The van der Waals surface area contributed by atoms with Gasteiger partial charge in [-0.3, -0.25) is 4.79 Å². The van der Waals surface area contributed by atoms with E-state index >= 15 is 0 Å². The molecule has 0 amide bonds. The van der Waals surface area contributed by atoms with E-state index in [1.165, 1.54) is 0 Å². The minimum Gasteiger partial charge on any atom is -0.480 e. The zero-order chi connectivity index (χ0) is 17.1. The molecule has 0 fully saturated rings. The predicted octanol–water partition coefficient (Wildman–Crippen LogP) is 3.00. The summed E-state index contributed by atoms with van der Waals surface area (Å²) in [6, 6.07) is 16.2. The largest absolute Gasteiger partial charge is 0.480 e. The molecule has 0 saturated heterocycles. The first-order chi connectivity index (χ1) is 11.0. The summed E-state index contributed by atoms with van der Waals surface area (Å²) in [6.45, 7) is 4.05. The first-order valence-electron chi connectivity index (χ1n) is 7.05. The van der Waals surface area contributed by atoms with Crippen molar-refractivity contribution in [3.05, 3.63) is 82.9 Å². The zero-order valence-electron chi connectivity index (χ0n) is 12.6. The lowest BCUT2D eigenvalue weighted by Crippen LogP contribution is -2.38. The van der Waals surface area contributed by atoms with Gasteiger partial charge in [0.1, 0.15) is 6.04 Å². The Hall–Kier alpha value is -1.59. The lowest BCUT2D eigenvalue weighted by molar-refractivity contribution is -0.139. The molecule has 2 aromatic rings. The quantitative estimate of drug-likeness (QED) is 0.595. The molecule has 1 atom stereocenters. The summed E-state index contributed by atoms with van der Waals surface area (Å²) in [5, 5.41) is 13.1. The fraction of sp³-hybridized carbons (Fsp3) is 0.167. The van der Waals surface area contributed by atoms with Crippen LogP contribution in [0.15, 0.2) is 67.3 Å². The van der Waals surface area contributed by atoms with E-state index in [0.29, 0.717) is 23.0 Å². The van der Waals surface area contributed by atoms with Crippen LogP contribution in [0.3, 0.4) is 0 Å². The molecule has 2 N–H and O–H groups in total. The van der Waals surface area contributed by atoms with E-state index in [1.807, 2.05) is 42.5 Å². The van der Waals surface area contributed by atoms with E-state index in [9.17, 15) is 4.79 Å². The fourth-order valence-electron chi connectivity index (χ4n) is 1.76. The van der Waals surface area contributed by atoms with Crippen LogP contribution in [0.25, 0.3) is 0 Å². The predicted molar refractivity (Wildman–Crippen MR) is 108 cm³/mol. The van der Waals surface area contributed by atoms with Gasteiger partial charge in [0.15, 0.2) is 0 Å². The second-order valence-corrected chi connectivity index (χ2v) is 5.51. The molecule has 0 aliphatic carbocycles. The van der Waals surface area contributed by atoms with Crippen molar-refractivity contribution in [2.24, 2.45) is 0 Å². The van der Waals surface area contributed by atoms with Crippen molar-refractivity contribution < 1.29 is 9.90 Å². The molecule has 130 valence electrons. The summed E-state index contributed by atoms with van der Waals surface area (Å²) in [6.07, 6.45) is 2.14. The monoisotopic (exact) mass is 383 g/mol. The van der Waals surface area contributed by atoms with Gasteiger partial charge in [-0.15, -0.1) is 6.58 Å². The summed E-state index contributed by atoms with van der Waals surface area (Å²) in [7, 11) is 0. The van der Waals surface area contributed by atoms with Crippen molar-refractivity contribution in [2.75, 3.05) is 6.54 Å². The number of hydrogen-bond donors (Lipinski definition) is 2. The molecule has 3 nitrogen and oxygen atoms in total. The van der Waals surface area contributed by atoms with Crippen molar-refractivity contribution in [1.82, 2.24) is 5.32 Å². The SMILES string of the molecule is C=CCN[C@@H](Cc1ccccc1)C(=O)O.Clc1ccccc1Cl.[SiH4]. The van der Waals surface area contributed by atoms with Gasteiger partial charge in [-0.25, -0.2) is 0 Å². The van der Waals surface area contributed by atoms with E-state index in [0.717, 1.165) is 5.56 Å². The Labute approximate surface area is 157 Å². The third kappa shape index (κ3) is 8.89. The van der Waals surface area contributed by atoms with Crippen LogP contribution in [0.4, 0.5) is 0 Å². The molecule has 0 radical (unpaired) electrons. The van der Waals surface area contributed by atoms with Crippen LogP contribution in [0.5, 0.6) is 0 Å². The van der Waals surface area contributed by atoms with E-state index in [4.69, 9.17) is 28.3 Å². The lowest BCUT2D eigenvalue weighted by atomic mass is 10.1. The molecule has 0 saturated carbocycles. The Kier molecular flexibility index (Phi) is 11.9. The van der Waals surface area contributed by atoms with E-state index in [2.05, 4.69) is 11.9 Å². The molecule has 6 heteroatoms. The number of hydrogen-bond acceptors (Lipinski definition) is 2. The molecule has 0 heterocycles. The molecule has 24 heavy (non-hydrogen) atoms. The maximum absolute atomic E-state index is 10.9. The lowest BCUT2D eigenvalue weighted by Gasteiger charge is -2.12. The maximum Gasteiger partial charge on any atom is 0.321 e. The molecular formula is C18H23Cl2NO2Si. The molecule has 0 spiro atoms. The molecule has 0 aliphatic rings. The number of halogens is 2. The summed E-state index contributed by atoms with van der Waals surface area (Å²) in [5.41, 5.74) is 1.02. The smallest absolute Gasteiger partial charge is 0.321 e. The third-order valence-electron chi connectivity index (χ3n) is 2.91. The minimum atomic E-state index is -0.833. The van der Waals surface area contributed by atoms with E-state index in [-0.39, 0.29) is 11.0 Å². The van der Waals surface area contributed by atoms with Crippen LogP contribution in [0, 0.1) is 0 Å². The molecular weight excluding hydrogens is 361 g/mol. The summed E-state index contributed by atoms with van der Waals surface area (Å²) in [4.78, 5) is 10.9. The Morgan fingerprint density at radius 3 is 2.00 bits per heavy atom. The molecule has 0 bridgehead atoms. The Balaban J connectivity index is 0.000000498. The van der Waals surface area contributed by atoms with Gasteiger partial charge in [-0.1, -0.05) is 71.7 Å². The van der Waals surface area contributed by atoms with Crippen LogP contribution in [-0.2, 0) is 11.2 Å². The summed E-state index contributed by atoms with van der Waals surface area (Å²) in [5.74, 6) is -0.833. The van der Waals surface area contributed by atoms with E-state index in [1.54, 1.807) is 18.2 Å². The van der Waals surface area contributed by atoms with Gasteiger partial charge >= 0.3 is 5.97 Å². The van der Waals surface area contributed by atoms with Gasteiger partial charge in [0.05, 0.1) is 10.0 Å². The maximum atomic E-state index is 10.9. The van der Waals surface area contributed by atoms with Crippen LogP contribution in [-0.4, -0.2) is 34.6 Å². The Morgan fingerprint density at radius 1 is 1.08 bits per heavy atom. The van der Waals surface area contributed by atoms with Gasteiger partial charge < -0.3 is 10.4 Å². The number of aliphatic carboxylic acids is 1. The van der Waals surface area contributed by atoms with Gasteiger partial charge in [-0.2, -0.15) is 0 Å². The Morgan fingerprint density at radius 2 is 1.58 bits per heavy atom. The summed E-state index contributed by atoms with van der Waals surface area (Å²) >= 11 is 11.2. The van der Waals surface area contributed by atoms with Crippen molar-refractivity contribution in [3.8, 4) is 0 Å². The fourth-order valence-corrected chi connectivity index (χ4v) is 2.03. The topological polar surface area (TPSA) is 49.3 Å². The molecule has 0 aliphatic heterocycles. The standard InChI is InChI=1S/C12H15NO2.C6H4Cl2.H4Si/c1-2-8-13-11(12(14)15)9-10-6-4-3-5-7-10;7-5-3-1-2-4-6(5)8;/h2-7,11,13H,1,8-9H2,(H,14,15);1-4H;1H4/t11-;;/m0../s1. The molecule has 2 aromatic carbocycles. The van der Waals surface area contributed by atoms with Crippen molar-refractivity contribution in [3.63, 3.8) is 0 Å². The van der Waals surface area contributed by atoms with Gasteiger partial charge in [0.25, 0.3) is 0 Å². The number of carboxylic acid groups (broad SMARTS) is 1. The number of benzene rings is 2. The highest BCUT2D eigenvalue weighted by atomic mass is 35.5. The van der Waals surface area contributed by atoms with Crippen molar-refractivity contribution in [2.45, 2.75) is 12.5 Å². The average Bonchev–Trinajstić information content (AvgIpc) is 2.55. The summed E-state index contributed by atoms with van der Waals surface area (Å²) < 4.78 is 0. The van der Waals surface area contributed by atoms with Crippen LogP contribution in [0.2, 0.25) is 10.0 Å². The first kappa shape index (κ1) is 22.4. The zero-order valence-corrected chi connectivity index (χ0v) is 14.1. The number of nitrogens with one attached hydrogen (secondary N) is 1. The molecule has 0 aromatic heterocycles. The number of carbonyl (C=O) groups is 1. The highest BCUT2D eigenvalue weighted by molar-refractivity contribution is 6.41. The average molecular weight is 384 g/mol. The van der Waals surface area contributed by atoms with Crippen molar-refractivity contribution >= 4 is 40.1 Å². The van der Waals surface area contributed by atoms with Crippen LogP contribution in [0.1, 0.15) is 5.56 Å². The van der Waals surface area contributed by atoms with Gasteiger partial charge in [-0.05, 0) is 35.1 Å². The molecule has 0 unspecified atom stereocenters.